The van der Waals surface area contributed by atoms with Gasteiger partial charge in [-0.2, -0.15) is 0 Å². The number of nitrogens with zero attached hydrogens (tertiary/aromatic N) is 4. The van der Waals surface area contributed by atoms with Crippen molar-refractivity contribution in [1.29, 1.82) is 0 Å². The van der Waals surface area contributed by atoms with E-state index in [9.17, 15) is 9.59 Å². The van der Waals surface area contributed by atoms with Crippen LogP contribution in [0.3, 0.4) is 0 Å². The molecule has 2 amide bonds. The maximum atomic E-state index is 13.0. The summed E-state index contributed by atoms with van der Waals surface area (Å²) >= 11 is 6.08. The highest BCUT2D eigenvalue weighted by atomic mass is 35.5. The number of para-hydroxylation sites is 1. The van der Waals surface area contributed by atoms with Gasteiger partial charge in [-0.25, -0.2) is 9.97 Å². The monoisotopic (exact) mass is 559 g/mol. The van der Waals surface area contributed by atoms with Crippen molar-refractivity contribution in [2.75, 3.05) is 49.5 Å². The number of halogens is 1. The number of nitrogens with one attached hydrogen (secondary N) is 3. The lowest BCUT2D eigenvalue weighted by molar-refractivity contribution is -0.131. The molecule has 1 saturated heterocycles. The molecule has 0 aliphatic carbocycles. The maximum absolute atomic E-state index is 13.0. The first-order chi connectivity index (χ1) is 19.5. The number of hydrogen-bond acceptors (Lipinski definition) is 6. The first-order valence-electron chi connectivity index (χ1n) is 13.7. The van der Waals surface area contributed by atoms with E-state index in [4.69, 9.17) is 21.6 Å². The van der Waals surface area contributed by atoms with E-state index in [1.54, 1.807) is 0 Å². The van der Waals surface area contributed by atoms with Crippen molar-refractivity contribution in [2.24, 2.45) is 0 Å². The SMILES string of the molecule is CC(=O)NCCNc1cc(N2CCN(C(=O)CCCc3c[nH]c4ccccc34)CC2)nc(-c2ccc(Cl)cc2)n1. The van der Waals surface area contributed by atoms with E-state index in [0.29, 0.717) is 62.4 Å². The highest BCUT2D eigenvalue weighted by molar-refractivity contribution is 6.30. The molecule has 5 rings (SSSR count). The number of rotatable bonds is 10. The molecular formula is C30H34ClN7O2. The molecule has 0 atom stereocenters. The van der Waals surface area contributed by atoms with Gasteiger partial charge in [-0.15, -0.1) is 0 Å². The van der Waals surface area contributed by atoms with Crippen molar-refractivity contribution < 1.29 is 9.59 Å². The van der Waals surface area contributed by atoms with Crippen LogP contribution in [0.5, 0.6) is 0 Å². The Bertz CT molecular complexity index is 1460. The van der Waals surface area contributed by atoms with E-state index >= 15 is 0 Å². The smallest absolute Gasteiger partial charge is 0.222 e. The van der Waals surface area contributed by atoms with E-state index in [2.05, 4.69) is 38.8 Å². The third-order valence-corrected chi connectivity index (χ3v) is 7.34. The molecule has 1 aliphatic heterocycles. The number of fused-ring (bicyclic) bond motifs is 1. The predicted octanol–water partition coefficient (Wildman–Crippen LogP) is 4.50. The van der Waals surface area contributed by atoms with Gasteiger partial charge in [0.05, 0.1) is 0 Å². The van der Waals surface area contributed by atoms with Crippen LogP contribution in [0.1, 0.15) is 25.3 Å². The van der Waals surface area contributed by atoms with Gasteiger partial charge < -0.3 is 25.4 Å². The van der Waals surface area contributed by atoms with Crippen molar-refractivity contribution in [2.45, 2.75) is 26.2 Å². The van der Waals surface area contributed by atoms with Gasteiger partial charge in [0.1, 0.15) is 11.6 Å². The molecule has 0 spiro atoms. The number of anilines is 2. The Hall–Kier alpha value is -4.11. The van der Waals surface area contributed by atoms with E-state index < -0.39 is 0 Å². The van der Waals surface area contributed by atoms with Crippen LogP contribution in [-0.4, -0.2) is 70.9 Å². The standard InChI is InChI=1S/C30H34ClN7O2/c1-21(39)32-13-14-33-27-19-28(36-30(35-27)22-9-11-24(31)12-10-22)37-15-17-38(18-16-37)29(40)8-4-5-23-20-34-26-7-3-2-6-25(23)26/h2-3,6-7,9-12,19-20,34H,4-5,8,13-18H2,1H3,(H,32,39)(H,33,35,36). The van der Waals surface area contributed by atoms with Crippen LogP contribution in [0.2, 0.25) is 5.02 Å². The van der Waals surface area contributed by atoms with Gasteiger partial charge in [0, 0.05) is 86.4 Å². The van der Waals surface area contributed by atoms with Gasteiger partial charge in [-0.1, -0.05) is 29.8 Å². The van der Waals surface area contributed by atoms with E-state index in [1.165, 1.54) is 17.9 Å². The number of aryl methyl sites for hydroxylation is 1. The fourth-order valence-electron chi connectivity index (χ4n) is 4.96. The normalized spacial score (nSPS) is 13.4. The second-order valence-electron chi connectivity index (χ2n) is 9.93. The summed E-state index contributed by atoms with van der Waals surface area (Å²) in [5, 5.41) is 7.95. The summed E-state index contributed by atoms with van der Waals surface area (Å²) < 4.78 is 0. The Labute approximate surface area is 238 Å². The molecule has 3 heterocycles. The summed E-state index contributed by atoms with van der Waals surface area (Å²) in [5.74, 6) is 2.19. The van der Waals surface area contributed by atoms with Crippen molar-refractivity contribution >= 4 is 46.0 Å². The molecule has 0 unspecified atom stereocenters. The van der Waals surface area contributed by atoms with Crippen LogP contribution >= 0.6 is 11.6 Å². The molecule has 1 fully saturated rings. The van der Waals surface area contributed by atoms with Gasteiger partial charge in [-0.3, -0.25) is 9.59 Å². The maximum Gasteiger partial charge on any atom is 0.222 e. The highest BCUT2D eigenvalue weighted by Crippen LogP contribution is 2.25. The van der Waals surface area contributed by atoms with Gasteiger partial charge in [0.25, 0.3) is 0 Å². The number of carbonyl (C=O) groups excluding carboxylic acids is 2. The molecule has 2 aromatic carbocycles. The molecule has 9 nitrogen and oxygen atoms in total. The summed E-state index contributed by atoms with van der Waals surface area (Å²) in [6.07, 6.45) is 4.29. The molecule has 3 N–H and O–H groups in total. The zero-order chi connectivity index (χ0) is 27.9. The second-order valence-corrected chi connectivity index (χ2v) is 10.4. The minimum Gasteiger partial charge on any atom is -0.368 e. The van der Waals surface area contributed by atoms with Crippen molar-refractivity contribution in [3.8, 4) is 11.4 Å². The fourth-order valence-corrected chi connectivity index (χ4v) is 5.08. The molecular weight excluding hydrogens is 526 g/mol. The molecule has 40 heavy (non-hydrogen) atoms. The second kappa shape index (κ2) is 12.8. The number of piperazine rings is 1. The molecule has 4 aromatic rings. The number of aromatic nitrogens is 3. The first-order valence-corrected chi connectivity index (χ1v) is 14.0. The third-order valence-electron chi connectivity index (χ3n) is 7.09. The molecule has 0 radical (unpaired) electrons. The average Bonchev–Trinajstić information content (AvgIpc) is 3.38. The lowest BCUT2D eigenvalue weighted by atomic mass is 10.1. The Kier molecular flexibility index (Phi) is 8.81. The summed E-state index contributed by atoms with van der Waals surface area (Å²) in [6, 6.07) is 17.6. The molecule has 0 saturated carbocycles. The molecule has 1 aliphatic rings. The number of benzene rings is 2. The van der Waals surface area contributed by atoms with Crippen LogP contribution in [0.25, 0.3) is 22.3 Å². The summed E-state index contributed by atoms with van der Waals surface area (Å²) in [4.78, 5) is 41.2. The lowest BCUT2D eigenvalue weighted by Gasteiger charge is -2.35. The summed E-state index contributed by atoms with van der Waals surface area (Å²) in [6.45, 7) is 5.21. The molecule has 208 valence electrons. The Balaban J connectivity index is 1.19. The largest absolute Gasteiger partial charge is 0.368 e. The quantitative estimate of drug-likeness (QED) is 0.247. The topological polar surface area (TPSA) is 106 Å². The van der Waals surface area contributed by atoms with E-state index in [0.717, 1.165) is 29.7 Å². The lowest BCUT2D eigenvalue weighted by Crippen LogP contribution is -2.49. The highest BCUT2D eigenvalue weighted by Gasteiger charge is 2.23. The third kappa shape index (κ3) is 6.90. The van der Waals surface area contributed by atoms with E-state index in [1.807, 2.05) is 47.4 Å². The van der Waals surface area contributed by atoms with Crippen molar-refractivity contribution in [3.63, 3.8) is 0 Å². The number of carbonyl (C=O) groups is 2. The van der Waals surface area contributed by atoms with Gasteiger partial charge in [0.2, 0.25) is 11.8 Å². The minimum absolute atomic E-state index is 0.0718. The average molecular weight is 560 g/mol. The van der Waals surface area contributed by atoms with Gasteiger partial charge in [-0.05, 0) is 48.7 Å². The van der Waals surface area contributed by atoms with E-state index in [-0.39, 0.29) is 11.8 Å². The molecule has 2 aromatic heterocycles. The van der Waals surface area contributed by atoms with Crippen LogP contribution in [0.15, 0.2) is 60.8 Å². The van der Waals surface area contributed by atoms with Crippen LogP contribution in [0.4, 0.5) is 11.6 Å². The predicted molar refractivity (Wildman–Crippen MR) is 160 cm³/mol. The Morgan fingerprint density at radius 3 is 2.55 bits per heavy atom. The molecule has 0 bridgehead atoms. The first kappa shape index (κ1) is 27.5. The van der Waals surface area contributed by atoms with Crippen LogP contribution in [0, 0.1) is 0 Å². The Morgan fingerprint density at radius 2 is 1.77 bits per heavy atom. The number of aromatic amines is 1. The number of amides is 2. The summed E-state index contributed by atoms with van der Waals surface area (Å²) in [7, 11) is 0. The number of H-pyrrole nitrogens is 1. The Morgan fingerprint density at radius 1 is 1.00 bits per heavy atom. The summed E-state index contributed by atoms with van der Waals surface area (Å²) in [5.41, 5.74) is 3.25. The van der Waals surface area contributed by atoms with Gasteiger partial charge >= 0.3 is 0 Å². The van der Waals surface area contributed by atoms with Crippen molar-refractivity contribution in [1.82, 2.24) is 25.2 Å². The van der Waals surface area contributed by atoms with Crippen LogP contribution in [-0.2, 0) is 16.0 Å². The van der Waals surface area contributed by atoms with Gasteiger partial charge in [0.15, 0.2) is 5.82 Å². The fraction of sp³-hybridized carbons (Fsp3) is 0.333. The van der Waals surface area contributed by atoms with Crippen molar-refractivity contribution in [3.05, 3.63) is 71.4 Å². The molecule has 10 heteroatoms. The van der Waals surface area contributed by atoms with Crippen LogP contribution < -0.4 is 15.5 Å². The zero-order valence-corrected chi connectivity index (χ0v) is 23.4. The zero-order valence-electron chi connectivity index (χ0n) is 22.6. The minimum atomic E-state index is -0.0718. The number of hydrogen-bond donors (Lipinski definition) is 3.